The predicted molar refractivity (Wildman–Crippen MR) is 105 cm³/mol. The van der Waals surface area contributed by atoms with Crippen molar-refractivity contribution in [1.29, 1.82) is 0 Å². The standard InChI is InChI=1S/C21H25ClN2O2/c1-13-10-14(2)12-16(11-13)20(26)24(21(4,5)6)23-19(25)17-8-7-9-18(22)15(17)3/h7-12H,1-6H3,(H,23,25). The molecule has 138 valence electrons. The molecule has 0 saturated carbocycles. The van der Waals surface area contributed by atoms with Crippen molar-refractivity contribution in [3.05, 3.63) is 69.2 Å². The monoisotopic (exact) mass is 372 g/mol. The van der Waals surface area contributed by atoms with Gasteiger partial charge in [-0.15, -0.1) is 0 Å². The molecule has 2 aromatic rings. The molecular weight excluding hydrogens is 348 g/mol. The van der Waals surface area contributed by atoms with Crippen LogP contribution in [0.5, 0.6) is 0 Å². The first-order chi connectivity index (χ1) is 12.0. The average Bonchev–Trinajstić information content (AvgIpc) is 2.52. The third-order valence-electron chi connectivity index (χ3n) is 4.07. The SMILES string of the molecule is Cc1cc(C)cc(C(=O)N(NC(=O)c2cccc(Cl)c2C)C(C)(C)C)c1. The molecule has 0 aliphatic heterocycles. The van der Waals surface area contributed by atoms with E-state index in [4.69, 9.17) is 11.6 Å². The molecule has 0 radical (unpaired) electrons. The lowest BCUT2D eigenvalue weighted by atomic mass is 10.0. The van der Waals surface area contributed by atoms with Gasteiger partial charge in [-0.1, -0.05) is 34.9 Å². The van der Waals surface area contributed by atoms with Crippen molar-refractivity contribution in [2.45, 2.75) is 47.1 Å². The number of hydrogen-bond acceptors (Lipinski definition) is 2. The Hall–Kier alpha value is -2.33. The van der Waals surface area contributed by atoms with E-state index in [2.05, 4.69) is 5.43 Å². The highest BCUT2D eigenvalue weighted by Gasteiger charge is 2.30. The van der Waals surface area contributed by atoms with Crippen LogP contribution in [0.3, 0.4) is 0 Å². The molecule has 2 amide bonds. The summed E-state index contributed by atoms with van der Waals surface area (Å²) < 4.78 is 0. The van der Waals surface area contributed by atoms with Crippen molar-refractivity contribution in [2.24, 2.45) is 0 Å². The molecule has 0 bridgehead atoms. The highest BCUT2D eigenvalue weighted by molar-refractivity contribution is 6.31. The van der Waals surface area contributed by atoms with Crippen molar-refractivity contribution in [3.63, 3.8) is 0 Å². The van der Waals surface area contributed by atoms with E-state index in [9.17, 15) is 9.59 Å². The number of halogens is 1. The van der Waals surface area contributed by atoms with E-state index in [-0.39, 0.29) is 11.8 Å². The molecule has 0 unspecified atom stereocenters. The lowest BCUT2D eigenvalue weighted by Crippen LogP contribution is -2.56. The van der Waals surface area contributed by atoms with Crippen LogP contribution >= 0.6 is 11.6 Å². The van der Waals surface area contributed by atoms with Gasteiger partial charge in [0.15, 0.2) is 0 Å². The average molecular weight is 373 g/mol. The Balaban J connectivity index is 2.38. The first-order valence-electron chi connectivity index (χ1n) is 8.49. The maximum absolute atomic E-state index is 13.1. The summed E-state index contributed by atoms with van der Waals surface area (Å²) in [6.45, 7) is 11.3. The van der Waals surface area contributed by atoms with Gasteiger partial charge in [-0.25, -0.2) is 5.01 Å². The molecule has 0 spiro atoms. The lowest BCUT2D eigenvalue weighted by Gasteiger charge is -2.35. The Labute approximate surface area is 160 Å². The molecular formula is C21H25ClN2O2. The van der Waals surface area contributed by atoms with Crippen LogP contribution in [-0.4, -0.2) is 22.4 Å². The van der Waals surface area contributed by atoms with Crippen molar-refractivity contribution in [3.8, 4) is 0 Å². The smallest absolute Gasteiger partial charge is 0.267 e. The summed E-state index contributed by atoms with van der Waals surface area (Å²) in [6, 6.07) is 10.8. The van der Waals surface area contributed by atoms with Crippen LogP contribution in [0.25, 0.3) is 0 Å². The number of hydrogen-bond donors (Lipinski definition) is 1. The third-order valence-corrected chi connectivity index (χ3v) is 4.48. The van der Waals surface area contributed by atoms with E-state index in [1.165, 1.54) is 5.01 Å². The zero-order valence-corrected chi connectivity index (χ0v) is 16.9. The molecule has 0 aliphatic carbocycles. The number of carbonyl (C=O) groups excluding carboxylic acids is 2. The molecule has 0 heterocycles. The Bertz CT molecular complexity index is 833. The van der Waals surface area contributed by atoms with Gasteiger partial charge in [0.25, 0.3) is 11.8 Å². The summed E-state index contributed by atoms with van der Waals surface area (Å²) in [5, 5.41) is 1.89. The highest BCUT2D eigenvalue weighted by Crippen LogP contribution is 2.21. The summed E-state index contributed by atoms with van der Waals surface area (Å²) >= 11 is 6.12. The topological polar surface area (TPSA) is 49.4 Å². The first kappa shape index (κ1) is 20.0. The van der Waals surface area contributed by atoms with Crippen LogP contribution in [0.1, 0.15) is 58.2 Å². The number of hydrazine groups is 1. The maximum Gasteiger partial charge on any atom is 0.272 e. The molecule has 2 rings (SSSR count). The second kappa shape index (κ2) is 7.50. The van der Waals surface area contributed by atoms with Gasteiger partial charge in [0.05, 0.1) is 5.54 Å². The quantitative estimate of drug-likeness (QED) is 0.766. The first-order valence-corrected chi connectivity index (χ1v) is 8.87. The number of carbonyl (C=O) groups is 2. The molecule has 0 atom stereocenters. The second-order valence-corrected chi connectivity index (χ2v) is 7.95. The number of benzene rings is 2. The minimum atomic E-state index is -0.600. The number of aryl methyl sites for hydroxylation is 2. The fourth-order valence-electron chi connectivity index (χ4n) is 2.77. The molecule has 2 aromatic carbocycles. The summed E-state index contributed by atoms with van der Waals surface area (Å²) in [7, 11) is 0. The van der Waals surface area contributed by atoms with E-state index < -0.39 is 5.54 Å². The summed E-state index contributed by atoms with van der Waals surface area (Å²) in [5.41, 5.74) is 5.83. The maximum atomic E-state index is 13.1. The van der Waals surface area contributed by atoms with Gasteiger partial charge in [-0.3, -0.25) is 15.0 Å². The fourth-order valence-corrected chi connectivity index (χ4v) is 2.94. The molecule has 0 aromatic heterocycles. The van der Waals surface area contributed by atoms with Crippen molar-refractivity contribution >= 4 is 23.4 Å². The molecule has 26 heavy (non-hydrogen) atoms. The number of rotatable bonds is 2. The van der Waals surface area contributed by atoms with Crippen LogP contribution in [0.15, 0.2) is 36.4 Å². The van der Waals surface area contributed by atoms with E-state index in [0.717, 1.165) is 11.1 Å². The van der Waals surface area contributed by atoms with Gasteiger partial charge >= 0.3 is 0 Å². The van der Waals surface area contributed by atoms with E-state index in [0.29, 0.717) is 21.7 Å². The molecule has 0 fully saturated rings. The van der Waals surface area contributed by atoms with E-state index in [1.807, 2.05) is 52.8 Å². The van der Waals surface area contributed by atoms with E-state index >= 15 is 0 Å². The van der Waals surface area contributed by atoms with Crippen molar-refractivity contribution in [1.82, 2.24) is 10.4 Å². The van der Waals surface area contributed by atoms with Gasteiger partial charge < -0.3 is 0 Å². The van der Waals surface area contributed by atoms with Crippen LogP contribution in [0, 0.1) is 20.8 Å². The Morgan fingerprint density at radius 2 is 1.58 bits per heavy atom. The van der Waals surface area contributed by atoms with Gasteiger partial charge in [0.2, 0.25) is 0 Å². The zero-order chi connectivity index (χ0) is 19.6. The summed E-state index contributed by atoms with van der Waals surface area (Å²) in [5.74, 6) is -0.616. The molecule has 0 aliphatic rings. The van der Waals surface area contributed by atoms with Crippen molar-refractivity contribution in [2.75, 3.05) is 0 Å². The Kier molecular flexibility index (Phi) is 5.77. The summed E-state index contributed by atoms with van der Waals surface area (Å²) in [4.78, 5) is 25.9. The lowest BCUT2D eigenvalue weighted by molar-refractivity contribution is 0.0358. The third kappa shape index (κ3) is 4.44. The van der Waals surface area contributed by atoms with E-state index in [1.54, 1.807) is 25.1 Å². The summed E-state index contributed by atoms with van der Waals surface area (Å²) in [6.07, 6.45) is 0. The molecule has 4 nitrogen and oxygen atoms in total. The zero-order valence-electron chi connectivity index (χ0n) is 16.1. The molecule has 1 N–H and O–H groups in total. The minimum Gasteiger partial charge on any atom is -0.267 e. The van der Waals surface area contributed by atoms with Crippen LogP contribution in [0.2, 0.25) is 5.02 Å². The Morgan fingerprint density at radius 1 is 1.00 bits per heavy atom. The number of amides is 2. The van der Waals surface area contributed by atoms with Crippen LogP contribution < -0.4 is 5.43 Å². The molecule has 5 heteroatoms. The van der Waals surface area contributed by atoms with Gasteiger partial charge in [0.1, 0.15) is 0 Å². The highest BCUT2D eigenvalue weighted by atomic mass is 35.5. The second-order valence-electron chi connectivity index (χ2n) is 7.54. The Morgan fingerprint density at radius 3 is 2.12 bits per heavy atom. The van der Waals surface area contributed by atoms with Crippen molar-refractivity contribution < 1.29 is 9.59 Å². The van der Waals surface area contributed by atoms with Gasteiger partial charge in [-0.2, -0.15) is 0 Å². The number of nitrogens with zero attached hydrogens (tertiary/aromatic N) is 1. The van der Waals surface area contributed by atoms with Gasteiger partial charge in [0, 0.05) is 16.1 Å². The minimum absolute atomic E-state index is 0.252. The predicted octanol–water partition coefficient (Wildman–Crippen LogP) is 4.85. The number of nitrogens with one attached hydrogen (secondary N) is 1. The molecule has 0 saturated heterocycles. The normalized spacial score (nSPS) is 11.2. The largest absolute Gasteiger partial charge is 0.272 e. The van der Waals surface area contributed by atoms with Crippen LogP contribution in [0.4, 0.5) is 0 Å². The van der Waals surface area contributed by atoms with Crippen LogP contribution in [-0.2, 0) is 0 Å². The fraction of sp³-hybridized carbons (Fsp3) is 0.333. The van der Waals surface area contributed by atoms with Gasteiger partial charge in [-0.05, 0) is 71.4 Å².